The van der Waals surface area contributed by atoms with Gasteiger partial charge in [-0.2, -0.15) is 0 Å². The second-order valence-electron chi connectivity index (χ2n) is 6.77. The molecule has 0 saturated heterocycles. The first kappa shape index (κ1) is 21.5. The smallest absolute Gasteiger partial charge is 0.253 e. The monoisotopic (exact) mass is 424 g/mol. The molecule has 1 aromatic heterocycles. The van der Waals surface area contributed by atoms with Gasteiger partial charge in [0.1, 0.15) is 0 Å². The van der Waals surface area contributed by atoms with Gasteiger partial charge in [0.15, 0.2) is 5.13 Å². The number of carbonyl (C=O) groups excluding carboxylic acids is 2. The summed E-state index contributed by atoms with van der Waals surface area (Å²) in [5.74, 6) is -0.456. The van der Waals surface area contributed by atoms with Crippen molar-refractivity contribution in [2.24, 2.45) is 0 Å². The molecule has 156 valence electrons. The molecule has 0 aliphatic carbocycles. The lowest BCUT2D eigenvalue weighted by molar-refractivity contribution is -0.129. The van der Waals surface area contributed by atoms with Crippen molar-refractivity contribution in [3.63, 3.8) is 0 Å². The van der Waals surface area contributed by atoms with E-state index in [2.05, 4.69) is 10.3 Å². The number of nitrogens with one attached hydrogen (secondary N) is 2. The lowest BCUT2D eigenvalue weighted by Crippen LogP contribution is -2.26. The number of rotatable bonds is 9. The summed E-state index contributed by atoms with van der Waals surface area (Å²) in [6.45, 7) is 0.483. The van der Waals surface area contributed by atoms with Crippen LogP contribution in [-0.4, -0.2) is 40.5 Å². The van der Waals surface area contributed by atoms with Crippen LogP contribution in [0.25, 0.3) is 10.2 Å². The van der Waals surface area contributed by atoms with Gasteiger partial charge in [0.25, 0.3) is 5.91 Å². The highest BCUT2D eigenvalue weighted by Gasteiger charge is 2.10. The molecule has 2 aromatic carbocycles. The lowest BCUT2D eigenvalue weighted by Gasteiger charge is -2.15. The highest BCUT2D eigenvalue weighted by Crippen LogP contribution is 2.28. The minimum absolute atomic E-state index is 0.0640. The molecule has 0 aliphatic heterocycles. The summed E-state index contributed by atoms with van der Waals surface area (Å²) in [5.41, 5.74) is 4.05. The van der Waals surface area contributed by atoms with Crippen LogP contribution in [0.3, 0.4) is 0 Å². The standard InChI is InChI=1S/C22H24N4O3S/c1-26(15-7-3-2-4-10-20(27)25-29)21(28)16-11-13-17(14-12-16)23-22-24-18-8-5-6-9-19(18)30-22/h3,5-9,11-14,29H,2,4,10,15H2,1H3,(H,23,24)(H,25,27)/b7-3+. The molecule has 0 aliphatic rings. The zero-order valence-electron chi connectivity index (χ0n) is 16.7. The second-order valence-corrected chi connectivity index (χ2v) is 7.80. The van der Waals surface area contributed by atoms with Gasteiger partial charge >= 0.3 is 0 Å². The van der Waals surface area contributed by atoms with Crippen LogP contribution >= 0.6 is 11.3 Å². The minimum atomic E-state index is -0.392. The van der Waals surface area contributed by atoms with E-state index in [1.165, 1.54) is 0 Å². The summed E-state index contributed by atoms with van der Waals surface area (Å²) in [5, 5.41) is 12.5. The fourth-order valence-corrected chi connectivity index (χ4v) is 3.72. The quantitative estimate of drug-likeness (QED) is 0.206. The van der Waals surface area contributed by atoms with Crippen LogP contribution in [0.15, 0.2) is 60.7 Å². The van der Waals surface area contributed by atoms with Crippen molar-refractivity contribution in [3.8, 4) is 0 Å². The molecule has 1 heterocycles. The van der Waals surface area contributed by atoms with Crippen LogP contribution in [0, 0.1) is 0 Å². The van der Waals surface area contributed by atoms with Gasteiger partial charge in [-0.15, -0.1) is 0 Å². The predicted octanol–water partition coefficient (Wildman–Crippen LogP) is 4.34. The SMILES string of the molecule is CN(C/C=C/CCCC(=O)NO)C(=O)c1ccc(Nc2nc3ccccc3s2)cc1. The molecule has 3 N–H and O–H groups in total. The number of fused-ring (bicyclic) bond motifs is 1. The Morgan fingerprint density at radius 1 is 1.13 bits per heavy atom. The highest BCUT2D eigenvalue weighted by molar-refractivity contribution is 7.22. The van der Waals surface area contributed by atoms with E-state index < -0.39 is 5.91 Å². The Hall–Kier alpha value is -3.23. The van der Waals surface area contributed by atoms with Crippen molar-refractivity contribution in [1.29, 1.82) is 0 Å². The third-order valence-corrected chi connectivity index (χ3v) is 5.42. The summed E-state index contributed by atoms with van der Waals surface area (Å²) in [7, 11) is 1.75. The van der Waals surface area contributed by atoms with Crippen LogP contribution in [-0.2, 0) is 4.79 Å². The molecule has 0 saturated carbocycles. The van der Waals surface area contributed by atoms with Crippen molar-refractivity contribution < 1.29 is 14.8 Å². The number of unbranched alkanes of at least 4 members (excludes halogenated alkanes) is 1. The van der Waals surface area contributed by atoms with Crippen molar-refractivity contribution in [1.82, 2.24) is 15.4 Å². The Morgan fingerprint density at radius 2 is 1.90 bits per heavy atom. The molecule has 0 spiro atoms. The maximum atomic E-state index is 12.6. The minimum Gasteiger partial charge on any atom is -0.338 e. The number of aromatic nitrogens is 1. The number of nitrogens with zero attached hydrogens (tertiary/aromatic N) is 2. The number of anilines is 2. The summed E-state index contributed by atoms with van der Waals surface area (Å²) in [6, 6.07) is 15.3. The molecule has 0 bridgehead atoms. The maximum absolute atomic E-state index is 12.6. The number of carbonyl (C=O) groups is 2. The van der Waals surface area contributed by atoms with E-state index in [0.717, 1.165) is 21.0 Å². The Morgan fingerprint density at radius 3 is 2.63 bits per heavy atom. The molecule has 0 atom stereocenters. The molecule has 3 rings (SSSR count). The molecule has 0 fully saturated rings. The van der Waals surface area contributed by atoms with Crippen LogP contribution in [0.1, 0.15) is 29.6 Å². The number of hydrogen-bond donors (Lipinski definition) is 3. The number of amides is 2. The number of hydroxylamine groups is 1. The average molecular weight is 425 g/mol. The van der Waals surface area contributed by atoms with Crippen molar-refractivity contribution >= 4 is 44.2 Å². The Bertz CT molecular complexity index is 997. The van der Waals surface area contributed by atoms with Crippen LogP contribution in [0.2, 0.25) is 0 Å². The normalized spacial score (nSPS) is 11.0. The first-order chi connectivity index (χ1) is 14.6. The highest BCUT2D eigenvalue weighted by atomic mass is 32.1. The van der Waals surface area contributed by atoms with Gasteiger partial charge in [0, 0.05) is 31.3 Å². The van der Waals surface area contributed by atoms with Crippen LogP contribution in [0.4, 0.5) is 10.8 Å². The van der Waals surface area contributed by atoms with E-state index in [1.54, 1.807) is 40.9 Å². The third kappa shape index (κ3) is 5.88. The number of thiazole rings is 1. The number of para-hydroxylation sites is 1. The molecule has 8 heteroatoms. The van der Waals surface area contributed by atoms with Crippen molar-refractivity contribution in [2.75, 3.05) is 18.9 Å². The van der Waals surface area contributed by atoms with Gasteiger partial charge in [-0.05, 0) is 49.2 Å². The second kappa shape index (κ2) is 10.5. The molecular weight excluding hydrogens is 400 g/mol. The van der Waals surface area contributed by atoms with Gasteiger partial charge in [-0.25, -0.2) is 10.5 Å². The summed E-state index contributed by atoms with van der Waals surface area (Å²) < 4.78 is 1.12. The third-order valence-electron chi connectivity index (χ3n) is 4.47. The Labute approximate surface area is 179 Å². The first-order valence-corrected chi connectivity index (χ1v) is 10.4. The lowest BCUT2D eigenvalue weighted by atomic mass is 10.2. The largest absolute Gasteiger partial charge is 0.338 e. The van der Waals surface area contributed by atoms with E-state index in [4.69, 9.17) is 5.21 Å². The molecule has 30 heavy (non-hydrogen) atoms. The van der Waals surface area contributed by atoms with E-state index in [-0.39, 0.29) is 12.3 Å². The Kier molecular flexibility index (Phi) is 7.53. The summed E-state index contributed by atoms with van der Waals surface area (Å²) in [6.07, 6.45) is 5.45. The topological polar surface area (TPSA) is 94.6 Å². The number of benzene rings is 2. The molecule has 0 unspecified atom stereocenters. The zero-order valence-corrected chi connectivity index (χ0v) is 17.5. The van der Waals surface area contributed by atoms with Gasteiger partial charge in [0.05, 0.1) is 10.2 Å². The predicted molar refractivity (Wildman–Crippen MR) is 119 cm³/mol. The van der Waals surface area contributed by atoms with Gasteiger partial charge in [0.2, 0.25) is 5.91 Å². The fourth-order valence-electron chi connectivity index (χ4n) is 2.84. The summed E-state index contributed by atoms with van der Waals surface area (Å²) >= 11 is 1.59. The number of hydrogen-bond acceptors (Lipinski definition) is 6. The molecule has 3 aromatic rings. The van der Waals surface area contributed by atoms with E-state index >= 15 is 0 Å². The molecule has 0 radical (unpaired) electrons. The van der Waals surface area contributed by atoms with Gasteiger partial charge < -0.3 is 10.2 Å². The van der Waals surface area contributed by atoms with Gasteiger partial charge in [-0.3, -0.25) is 14.8 Å². The Balaban J connectivity index is 1.49. The maximum Gasteiger partial charge on any atom is 0.253 e. The summed E-state index contributed by atoms with van der Waals surface area (Å²) in [4.78, 5) is 29.7. The number of likely N-dealkylation sites (N-methyl/N-ethyl adjacent to an activating group) is 1. The number of allylic oxidation sites excluding steroid dienone is 1. The van der Waals surface area contributed by atoms with E-state index in [1.807, 2.05) is 48.6 Å². The average Bonchev–Trinajstić information content (AvgIpc) is 3.18. The fraction of sp³-hybridized carbons (Fsp3) is 0.227. The van der Waals surface area contributed by atoms with E-state index in [9.17, 15) is 9.59 Å². The van der Waals surface area contributed by atoms with E-state index in [0.29, 0.717) is 24.9 Å². The molecule has 2 amide bonds. The van der Waals surface area contributed by atoms with Crippen LogP contribution < -0.4 is 10.8 Å². The van der Waals surface area contributed by atoms with Crippen molar-refractivity contribution in [2.45, 2.75) is 19.3 Å². The first-order valence-electron chi connectivity index (χ1n) is 9.63. The zero-order chi connectivity index (χ0) is 21.3. The van der Waals surface area contributed by atoms with Crippen LogP contribution in [0.5, 0.6) is 0 Å². The van der Waals surface area contributed by atoms with Gasteiger partial charge in [-0.1, -0.05) is 35.6 Å². The van der Waals surface area contributed by atoms with Crippen molar-refractivity contribution in [3.05, 3.63) is 66.2 Å². The molecule has 7 nitrogen and oxygen atoms in total. The molecular formula is C22H24N4O3S.